The summed E-state index contributed by atoms with van der Waals surface area (Å²) in [5, 5.41) is 1.54. The summed E-state index contributed by atoms with van der Waals surface area (Å²) < 4.78 is 16.3. The summed E-state index contributed by atoms with van der Waals surface area (Å²) in [5.41, 5.74) is 1.94. The Hall–Kier alpha value is -4.85. The lowest BCUT2D eigenvalue weighted by atomic mass is 9.94. The number of amides is 3. The van der Waals surface area contributed by atoms with Crippen molar-refractivity contribution in [1.29, 1.82) is 0 Å². The molecule has 1 heterocycles. The largest absolute Gasteiger partial charge is 0.497 e. The van der Waals surface area contributed by atoms with E-state index in [0.29, 0.717) is 51.4 Å². The number of methoxy groups -OCH3 is 3. The second kappa shape index (κ2) is 10.9. The Morgan fingerprint density at radius 2 is 1.38 bits per heavy atom. The van der Waals surface area contributed by atoms with Crippen LogP contribution in [0.3, 0.4) is 0 Å². The first-order chi connectivity index (χ1) is 19.0. The molecule has 3 amide bonds. The lowest BCUT2D eigenvalue weighted by molar-refractivity contribution is 0.0610. The summed E-state index contributed by atoms with van der Waals surface area (Å²) >= 11 is 0. The van der Waals surface area contributed by atoms with Crippen molar-refractivity contribution in [2.45, 2.75) is 6.42 Å². The molecule has 0 bridgehead atoms. The molecule has 0 N–H and O–H groups in total. The lowest BCUT2D eigenvalue weighted by Crippen LogP contribution is -2.42. The SMILES string of the molecule is COc1cc(OC)cc(C(=O)N(CCCN2C(=O)c3cccc4cccc(c34)C2=O)c2ccccc2OC)c1. The van der Waals surface area contributed by atoms with E-state index in [4.69, 9.17) is 14.2 Å². The Bertz CT molecular complexity index is 1510. The van der Waals surface area contributed by atoms with Crippen LogP contribution in [0, 0.1) is 0 Å². The molecule has 0 fully saturated rings. The summed E-state index contributed by atoms with van der Waals surface area (Å²) in [6, 6.07) is 23.1. The van der Waals surface area contributed by atoms with E-state index in [1.54, 1.807) is 54.5 Å². The summed E-state index contributed by atoms with van der Waals surface area (Å²) in [5.74, 6) is 0.508. The van der Waals surface area contributed by atoms with Crippen LogP contribution in [0.2, 0.25) is 0 Å². The molecule has 0 atom stereocenters. The van der Waals surface area contributed by atoms with Gasteiger partial charge in [0.15, 0.2) is 0 Å². The summed E-state index contributed by atoms with van der Waals surface area (Å²) in [6.45, 7) is 0.365. The highest BCUT2D eigenvalue weighted by atomic mass is 16.5. The van der Waals surface area contributed by atoms with Crippen LogP contribution in [-0.4, -0.2) is 57.0 Å². The molecule has 39 heavy (non-hydrogen) atoms. The first-order valence-electron chi connectivity index (χ1n) is 12.5. The third-order valence-electron chi connectivity index (χ3n) is 6.84. The third kappa shape index (κ3) is 4.77. The number of carbonyl (C=O) groups excluding carboxylic acids is 3. The number of nitrogens with zero attached hydrogens (tertiary/aromatic N) is 2. The predicted octanol–water partition coefficient (Wildman–Crippen LogP) is 5.20. The number of hydrogen-bond donors (Lipinski definition) is 0. The first-order valence-corrected chi connectivity index (χ1v) is 12.5. The fraction of sp³-hybridized carbons (Fsp3) is 0.194. The van der Waals surface area contributed by atoms with E-state index in [0.717, 1.165) is 5.39 Å². The average Bonchev–Trinajstić information content (AvgIpc) is 2.98. The van der Waals surface area contributed by atoms with Gasteiger partial charge in [-0.25, -0.2) is 0 Å². The van der Waals surface area contributed by atoms with Crippen molar-refractivity contribution >= 4 is 34.2 Å². The van der Waals surface area contributed by atoms with E-state index < -0.39 is 0 Å². The van der Waals surface area contributed by atoms with E-state index in [-0.39, 0.29) is 30.8 Å². The van der Waals surface area contributed by atoms with E-state index in [9.17, 15) is 14.4 Å². The van der Waals surface area contributed by atoms with Crippen LogP contribution in [-0.2, 0) is 0 Å². The van der Waals surface area contributed by atoms with Gasteiger partial charge in [0, 0.05) is 41.2 Å². The van der Waals surface area contributed by atoms with Gasteiger partial charge in [-0.2, -0.15) is 0 Å². The molecule has 1 aliphatic rings. The van der Waals surface area contributed by atoms with Gasteiger partial charge in [0.1, 0.15) is 17.2 Å². The Morgan fingerprint density at radius 1 is 0.769 bits per heavy atom. The number of imide groups is 1. The second-order valence-corrected chi connectivity index (χ2v) is 9.05. The zero-order valence-electron chi connectivity index (χ0n) is 22.0. The number of ether oxygens (including phenoxy) is 3. The van der Waals surface area contributed by atoms with Crippen LogP contribution >= 0.6 is 0 Å². The van der Waals surface area contributed by atoms with Crippen LogP contribution in [0.25, 0.3) is 10.8 Å². The van der Waals surface area contributed by atoms with Gasteiger partial charge in [-0.1, -0.05) is 36.4 Å². The van der Waals surface area contributed by atoms with Crippen molar-refractivity contribution in [3.05, 3.63) is 95.6 Å². The second-order valence-electron chi connectivity index (χ2n) is 9.05. The average molecular weight is 525 g/mol. The van der Waals surface area contributed by atoms with Gasteiger partial charge < -0.3 is 19.1 Å². The molecule has 8 heteroatoms. The highest BCUT2D eigenvalue weighted by Gasteiger charge is 2.32. The molecule has 0 aliphatic carbocycles. The normalized spacial score (nSPS) is 12.4. The quantitative estimate of drug-likeness (QED) is 0.280. The molecule has 0 spiro atoms. The molecule has 0 radical (unpaired) electrons. The van der Waals surface area contributed by atoms with Gasteiger partial charge in [-0.3, -0.25) is 19.3 Å². The first kappa shape index (κ1) is 25.8. The Kier molecular flexibility index (Phi) is 7.19. The smallest absolute Gasteiger partial charge is 0.261 e. The predicted molar refractivity (Wildman–Crippen MR) is 148 cm³/mol. The molecular formula is C31H28N2O6. The molecule has 198 valence electrons. The molecule has 0 unspecified atom stereocenters. The summed E-state index contributed by atoms with van der Waals surface area (Å²) in [7, 11) is 4.58. The molecule has 8 nitrogen and oxygen atoms in total. The number of rotatable bonds is 9. The minimum absolute atomic E-state index is 0.142. The highest BCUT2D eigenvalue weighted by molar-refractivity contribution is 6.25. The number of benzene rings is 4. The summed E-state index contributed by atoms with van der Waals surface area (Å²) in [4.78, 5) is 43.4. The molecule has 5 rings (SSSR count). The monoisotopic (exact) mass is 524 g/mol. The Labute approximate surface area is 226 Å². The molecule has 0 saturated heterocycles. The maximum atomic E-state index is 13.9. The standard InChI is InChI=1S/C31H28N2O6/c1-37-22-17-21(18-23(19-22)38-2)29(34)32(26-13-4-5-14-27(26)39-3)15-8-16-33-30(35)24-11-6-9-20-10-7-12-25(28(20)24)31(33)36/h4-7,9-14,17-19H,8,15-16H2,1-3H3. The van der Waals surface area contributed by atoms with Crippen LogP contribution < -0.4 is 19.1 Å². The number of hydrogen-bond acceptors (Lipinski definition) is 6. The molecule has 0 aromatic heterocycles. The number of para-hydroxylation sites is 2. The van der Waals surface area contributed by atoms with Gasteiger partial charge in [0.05, 0.1) is 27.0 Å². The lowest BCUT2D eigenvalue weighted by Gasteiger charge is -2.29. The van der Waals surface area contributed by atoms with Crippen molar-refractivity contribution in [2.24, 2.45) is 0 Å². The molecule has 4 aromatic carbocycles. The molecular weight excluding hydrogens is 496 g/mol. The van der Waals surface area contributed by atoms with Gasteiger partial charge in [-0.05, 0) is 48.2 Å². The van der Waals surface area contributed by atoms with Gasteiger partial charge >= 0.3 is 0 Å². The van der Waals surface area contributed by atoms with Gasteiger partial charge in [0.2, 0.25) is 0 Å². The fourth-order valence-corrected chi connectivity index (χ4v) is 4.94. The topological polar surface area (TPSA) is 85.4 Å². The van der Waals surface area contributed by atoms with E-state index in [2.05, 4.69) is 0 Å². The van der Waals surface area contributed by atoms with Gasteiger partial charge in [0.25, 0.3) is 17.7 Å². The van der Waals surface area contributed by atoms with Crippen molar-refractivity contribution in [2.75, 3.05) is 39.3 Å². The zero-order valence-corrected chi connectivity index (χ0v) is 22.0. The molecule has 4 aromatic rings. The number of anilines is 1. The van der Waals surface area contributed by atoms with Gasteiger partial charge in [-0.15, -0.1) is 0 Å². The highest BCUT2D eigenvalue weighted by Crippen LogP contribution is 2.32. The van der Waals surface area contributed by atoms with E-state index >= 15 is 0 Å². The molecule has 1 aliphatic heterocycles. The van der Waals surface area contributed by atoms with E-state index in [1.165, 1.54) is 19.1 Å². The van der Waals surface area contributed by atoms with Crippen LogP contribution in [0.1, 0.15) is 37.5 Å². The van der Waals surface area contributed by atoms with Crippen LogP contribution in [0.15, 0.2) is 78.9 Å². The minimum atomic E-state index is -0.336. The van der Waals surface area contributed by atoms with Crippen LogP contribution in [0.5, 0.6) is 17.2 Å². The Morgan fingerprint density at radius 3 is 1.97 bits per heavy atom. The van der Waals surface area contributed by atoms with E-state index in [1.807, 2.05) is 36.4 Å². The van der Waals surface area contributed by atoms with Crippen molar-refractivity contribution in [1.82, 2.24) is 4.90 Å². The van der Waals surface area contributed by atoms with Crippen molar-refractivity contribution in [3.8, 4) is 17.2 Å². The maximum absolute atomic E-state index is 13.9. The zero-order chi connectivity index (χ0) is 27.5. The third-order valence-corrected chi connectivity index (χ3v) is 6.84. The molecule has 0 saturated carbocycles. The van der Waals surface area contributed by atoms with Crippen molar-refractivity contribution in [3.63, 3.8) is 0 Å². The van der Waals surface area contributed by atoms with Crippen LogP contribution in [0.4, 0.5) is 5.69 Å². The number of carbonyl (C=O) groups is 3. The minimum Gasteiger partial charge on any atom is -0.497 e. The Balaban J connectivity index is 1.43. The summed E-state index contributed by atoms with van der Waals surface area (Å²) in [6.07, 6.45) is 0.348. The maximum Gasteiger partial charge on any atom is 0.261 e. The van der Waals surface area contributed by atoms with Crippen molar-refractivity contribution < 1.29 is 28.6 Å². The fourth-order valence-electron chi connectivity index (χ4n) is 4.94.